The molecule has 0 saturated heterocycles. The Kier molecular flexibility index (Phi) is 2.41. The monoisotopic (exact) mass is 252 g/mol. The predicted molar refractivity (Wildman–Crippen MR) is 51.9 cm³/mol. The maximum atomic E-state index is 11.7. The first-order valence-electron chi connectivity index (χ1n) is 3.83. The molecule has 2 heterocycles. The molecule has 0 amide bonds. The highest BCUT2D eigenvalue weighted by Crippen LogP contribution is 2.19. The first kappa shape index (κ1) is 9.08. The third-order valence-corrected chi connectivity index (χ3v) is 2.24. The molecule has 2 rings (SSSR count). The molecule has 0 aliphatic rings. The predicted octanol–water partition coefficient (Wildman–Crippen LogP) is 2.06. The van der Waals surface area contributed by atoms with Crippen molar-refractivity contribution in [2.24, 2.45) is 0 Å². The molecule has 4 nitrogen and oxygen atoms in total. The Bertz CT molecular complexity index is 453. The SMILES string of the molecule is O=C(c1cnccn1)c1occc1Br. The summed E-state index contributed by atoms with van der Waals surface area (Å²) >= 11 is 3.20. The van der Waals surface area contributed by atoms with E-state index in [1.54, 1.807) is 6.07 Å². The van der Waals surface area contributed by atoms with Crippen LogP contribution in [0.3, 0.4) is 0 Å². The van der Waals surface area contributed by atoms with Crippen molar-refractivity contribution in [3.05, 3.63) is 46.8 Å². The van der Waals surface area contributed by atoms with Gasteiger partial charge in [-0.2, -0.15) is 0 Å². The fourth-order valence-corrected chi connectivity index (χ4v) is 1.37. The summed E-state index contributed by atoms with van der Waals surface area (Å²) in [7, 11) is 0. The van der Waals surface area contributed by atoms with Gasteiger partial charge in [0.05, 0.1) is 16.9 Å². The minimum absolute atomic E-state index is 0.241. The van der Waals surface area contributed by atoms with E-state index < -0.39 is 0 Å². The van der Waals surface area contributed by atoms with Crippen molar-refractivity contribution in [3.8, 4) is 0 Å². The molecule has 0 fully saturated rings. The number of carbonyl (C=O) groups excluding carboxylic acids is 1. The second kappa shape index (κ2) is 3.71. The van der Waals surface area contributed by atoms with E-state index in [2.05, 4.69) is 25.9 Å². The lowest BCUT2D eigenvalue weighted by Gasteiger charge is -1.95. The van der Waals surface area contributed by atoms with Crippen molar-refractivity contribution in [1.29, 1.82) is 0 Å². The highest BCUT2D eigenvalue weighted by Gasteiger charge is 2.16. The van der Waals surface area contributed by atoms with Crippen LogP contribution in [0.4, 0.5) is 0 Å². The zero-order valence-electron chi connectivity index (χ0n) is 6.98. The summed E-state index contributed by atoms with van der Waals surface area (Å²) in [5.74, 6) is -0.0412. The first-order valence-corrected chi connectivity index (χ1v) is 4.62. The van der Waals surface area contributed by atoms with Crippen molar-refractivity contribution in [1.82, 2.24) is 9.97 Å². The molecule has 0 saturated carbocycles. The van der Waals surface area contributed by atoms with Gasteiger partial charge in [0, 0.05) is 12.4 Å². The van der Waals surface area contributed by atoms with Gasteiger partial charge >= 0.3 is 0 Å². The van der Waals surface area contributed by atoms with Gasteiger partial charge in [0.25, 0.3) is 0 Å². The summed E-state index contributed by atoms with van der Waals surface area (Å²) in [6, 6.07) is 1.66. The van der Waals surface area contributed by atoms with Crippen LogP contribution in [0, 0.1) is 0 Å². The number of furan rings is 1. The van der Waals surface area contributed by atoms with Gasteiger partial charge in [-0.1, -0.05) is 0 Å². The lowest BCUT2D eigenvalue weighted by molar-refractivity contribution is 0.100. The van der Waals surface area contributed by atoms with Gasteiger partial charge in [-0.15, -0.1) is 0 Å². The summed E-state index contributed by atoms with van der Waals surface area (Å²) in [6.45, 7) is 0. The van der Waals surface area contributed by atoms with Gasteiger partial charge in [0.1, 0.15) is 5.69 Å². The number of nitrogens with zero attached hydrogens (tertiary/aromatic N) is 2. The molecule has 0 bridgehead atoms. The summed E-state index contributed by atoms with van der Waals surface area (Å²) < 4.78 is 5.63. The van der Waals surface area contributed by atoms with Crippen LogP contribution < -0.4 is 0 Å². The third kappa shape index (κ3) is 1.58. The van der Waals surface area contributed by atoms with Crippen molar-refractivity contribution in [3.63, 3.8) is 0 Å². The quantitative estimate of drug-likeness (QED) is 0.768. The molecule has 0 N–H and O–H groups in total. The van der Waals surface area contributed by atoms with Gasteiger partial charge < -0.3 is 4.42 Å². The maximum Gasteiger partial charge on any atom is 0.249 e. The molecule has 0 aromatic carbocycles. The second-order valence-corrected chi connectivity index (χ2v) is 3.37. The highest BCUT2D eigenvalue weighted by atomic mass is 79.9. The zero-order valence-corrected chi connectivity index (χ0v) is 8.56. The van der Waals surface area contributed by atoms with E-state index >= 15 is 0 Å². The fraction of sp³-hybridized carbons (Fsp3) is 0. The van der Waals surface area contributed by atoms with E-state index in [1.807, 2.05) is 0 Å². The van der Waals surface area contributed by atoms with Crippen LogP contribution >= 0.6 is 15.9 Å². The van der Waals surface area contributed by atoms with Crippen LogP contribution in [-0.2, 0) is 0 Å². The zero-order chi connectivity index (χ0) is 9.97. The molecule has 0 spiro atoms. The largest absolute Gasteiger partial charge is 0.460 e. The number of carbonyl (C=O) groups is 1. The molecule has 70 valence electrons. The van der Waals surface area contributed by atoms with E-state index in [0.717, 1.165) is 0 Å². The summed E-state index contributed by atoms with van der Waals surface area (Å²) in [5, 5.41) is 0. The molecule has 2 aromatic rings. The Morgan fingerprint density at radius 3 is 2.86 bits per heavy atom. The minimum Gasteiger partial charge on any atom is -0.460 e. The smallest absolute Gasteiger partial charge is 0.249 e. The Morgan fingerprint density at radius 1 is 1.43 bits per heavy atom. The van der Waals surface area contributed by atoms with E-state index in [4.69, 9.17) is 4.42 Å². The van der Waals surface area contributed by atoms with Gasteiger partial charge in [-0.3, -0.25) is 9.78 Å². The van der Waals surface area contributed by atoms with E-state index in [-0.39, 0.29) is 17.2 Å². The number of hydrogen-bond acceptors (Lipinski definition) is 4. The van der Waals surface area contributed by atoms with Crippen LogP contribution in [-0.4, -0.2) is 15.8 Å². The van der Waals surface area contributed by atoms with Crippen molar-refractivity contribution >= 4 is 21.7 Å². The number of rotatable bonds is 2. The first-order chi connectivity index (χ1) is 6.79. The van der Waals surface area contributed by atoms with Gasteiger partial charge in [-0.25, -0.2) is 4.98 Å². The van der Waals surface area contributed by atoms with Crippen LogP contribution in [0.2, 0.25) is 0 Å². The van der Waals surface area contributed by atoms with Crippen LogP contribution in [0.1, 0.15) is 16.2 Å². The molecule has 0 unspecified atom stereocenters. The average Bonchev–Trinajstić information content (AvgIpc) is 2.65. The molecular weight excluding hydrogens is 248 g/mol. The molecular formula is C9H5BrN2O2. The Hall–Kier alpha value is -1.49. The van der Waals surface area contributed by atoms with E-state index in [0.29, 0.717) is 4.47 Å². The molecule has 14 heavy (non-hydrogen) atoms. The van der Waals surface area contributed by atoms with Gasteiger partial charge in [0.2, 0.25) is 5.78 Å². The second-order valence-electron chi connectivity index (χ2n) is 2.52. The van der Waals surface area contributed by atoms with Gasteiger partial charge in [0.15, 0.2) is 5.76 Å². The Morgan fingerprint density at radius 2 is 2.29 bits per heavy atom. The molecule has 2 aromatic heterocycles. The summed E-state index contributed by atoms with van der Waals surface area (Å²) in [4.78, 5) is 19.4. The van der Waals surface area contributed by atoms with Crippen LogP contribution in [0.15, 0.2) is 39.8 Å². The van der Waals surface area contributed by atoms with Gasteiger partial charge in [-0.05, 0) is 22.0 Å². The average molecular weight is 253 g/mol. The number of hydrogen-bond donors (Lipinski definition) is 0. The topological polar surface area (TPSA) is 56.0 Å². The highest BCUT2D eigenvalue weighted by molar-refractivity contribution is 9.10. The number of halogens is 1. The summed E-state index contributed by atoms with van der Waals surface area (Å²) in [5.41, 5.74) is 0.267. The molecule has 0 atom stereocenters. The molecule has 5 heteroatoms. The van der Waals surface area contributed by atoms with Crippen LogP contribution in [0.25, 0.3) is 0 Å². The normalized spacial score (nSPS) is 10.1. The molecule has 0 radical (unpaired) electrons. The van der Waals surface area contributed by atoms with E-state index in [1.165, 1.54) is 24.9 Å². The standard InChI is InChI=1S/C9H5BrN2O2/c10-6-1-4-14-9(6)8(13)7-5-11-2-3-12-7/h1-5H. The molecule has 0 aliphatic carbocycles. The number of aromatic nitrogens is 2. The summed E-state index contributed by atoms with van der Waals surface area (Å²) in [6.07, 6.45) is 5.81. The van der Waals surface area contributed by atoms with Crippen LogP contribution in [0.5, 0.6) is 0 Å². The Balaban J connectivity index is 2.39. The Labute approximate surface area is 88.1 Å². The van der Waals surface area contributed by atoms with E-state index in [9.17, 15) is 4.79 Å². The third-order valence-electron chi connectivity index (χ3n) is 1.62. The van der Waals surface area contributed by atoms with Crippen molar-refractivity contribution in [2.45, 2.75) is 0 Å². The minimum atomic E-state index is -0.282. The maximum absolute atomic E-state index is 11.7. The molecule has 0 aliphatic heterocycles. The van der Waals surface area contributed by atoms with Crippen molar-refractivity contribution in [2.75, 3.05) is 0 Å². The lowest BCUT2D eigenvalue weighted by atomic mass is 10.2. The fourth-order valence-electron chi connectivity index (χ4n) is 0.988. The number of ketones is 1. The lowest BCUT2D eigenvalue weighted by Crippen LogP contribution is -2.03. The van der Waals surface area contributed by atoms with Crippen molar-refractivity contribution < 1.29 is 9.21 Å².